The average molecular weight is 205 g/mol. The first kappa shape index (κ1) is 9.32. The van der Waals surface area contributed by atoms with Gasteiger partial charge in [0.05, 0.1) is 13.3 Å². The lowest BCUT2D eigenvalue weighted by Crippen LogP contribution is -2.08. The van der Waals surface area contributed by atoms with Crippen molar-refractivity contribution in [3.05, 3.63) is 29.7 Å². The number of methoxy groups -OCH3 is 1. The van der Waals surface area contributed by atoms with E-state index < -0.39 is 5.97 Å². The first-order valence-electron chi connectivity index (χ1n) is 4.14. The van der Waals surface area contributed by atoms with Crippen LogP contribution in [0.3, 0.4) is 0 Å². The van der Waals surface area contributed by atoms with Crippen molar-refractivity contribution in [3.8, 4) is 0 Å². The Bertz CT molecular complexity index is 532. The molecule has 2 aromatic rings. The van der Waals surface area contributed by atoms with Gasteiger partial charge in [-0.25, -0.2) is 14.3 Å². The summed E-state index contributed by atoms with van der Waals surface area (Å²) in [5.74, 6) is -0.553. The number of aldehydes is 1. The van der Waals surface area contributed by atoms with E-state index >= 15 is 0 Å². The van der Waals surface area contributed by atoms with Crippen molar-refractivity contribution in [3.63, 3.8) is 0 Å². The van der Waals surface area contributed by atoms with Crippen LogP contribution in [0.4, 0.5) is 0 Å². The molecule has 0 spiro atoms. The van der Waals surface area contributed by atoms with Crippen molar-refractivity contribution >= 4 is 17.9 Å². The summed E-state index contributed by atoms with van der Waals surface area (Å²) in [6.45, 7) is 0. The fraction of sp³-hybridized carbons (Fsp3) is 0.111. The topological polar surface area (TPSA) is 73.6 Å². The summed E-state index contributed by atoms with van der Waals surface area (Å²) < 4.78 is 5.80. The number of ether oxygens (including phenoxy) is 1. The summed E-state index contributed by atoms with van der Waals surface area (Å²) in [6, 6.07) is 3.08. The molecule has 0 saturated carbocycles. The second-order valence-corrected chi connectivity index (χ2v) is 2.78. The van der Waals surface area contributed by atoms with E-state index in [1.165, 1.54) is 23.9 Å². The first-order valence-corrected chi connectivity index (χ1v) is 4.14. The molecule has 0 unspecified atom stereocenters. The maximum atomic E-state index is 11.2. The van der Waals surface area contributed by atoms with E-state index in [0.29, 0.717) is 11.9 Å². The van der Waals surface area contributed by atoms with Crippen LogP contribution in [0.5, 0.6) is 0 Å². The minimum Gasteiger partial charge on any atom is -0.464 e. The van der Waals surface area contributed by atoms with Crippen LogP contribution in [0.15, 0.2) is 18.3 Å². The number of carbonyl (C=O) groups is 2. The highest BCUT2D eigenvalue weighted by atomic mass is 16.5. The van der Waals surface area contributed by atoms with Crippen molar-refractivity contribution < 1.29 is 14.3 Å². The Balaban J connectivity index is 2.62. The third-order valence-corrected chi connectivity index (χ3v) is 1.90. The Kier molecular flexibility index (Phi) is 2.17. The molecule has 2 rings (SSSR count). The minimum atomic E-state index is -0.553. The van der Waals surface area contributed by atoms with Gasteiger partial charge in [-0.15, -0.1) is 0 Å². The third kappa shape index (κ3) is 1.45. The van der Waals surface area contributed by atoms with Crippen LogP contribution in [0, 0.1) is 0 Å². The maximum Gasteiger partial charge on any atom is 0.358 e. The van der Waals surface area contributed by atoms with Gasteiger partial charge in [0.15, 0.2) is 17.6 Å². The molecule has 0 aliphatic heterocycles. The molecule has 0 bridgehead atoms. The van der Waals surface area contributed by atoms with Crippen LogP contribution in [-0.2, 0) is 4.74 Å². The Morgan fingerprint density at radius 3 is 3.00 bits per heavy atom. The van der Waals surface area contributed by atoms with Crippen molar-refractivity contribution in [1.82, 2.24) is 14.6 Å². The highest BCUT2D eigenvalue weighted by Crippen LogP contribution is 2.05. The van der Waals surface area contributed by atoms with Crippen molar-refractivity contribution in [2.24, 2.45) is 0 Å². The second-order valence-electron chi connectivity index (χ2n) is 2.78. The molecule has 15 heavy (non-hydrogen) atoms. The van der Waals surface area contributed by atoms with Crippen LogP contribution in [0.1, 0.15) is 21.0 Å². The number of hydrogen-bond acceptors (Lipinski definition) is 5. The number of hydrogen-bond donors (Lipinski definition) is 0. The lowest BCUT2D eigenvalue weighted by atomic mass is 10.4. The van der Waals surface area contributed by atoms with Gasteiger partial charge in [0.2, 0.25) is 0 Å². The lowest BCUT2D eigenvalue weighted by molar-refractivity contribution is 0.0592. The second kappa shape index (κ2) is 3.49. The molecule has 0 aliphatic rings. The Labute approximate surface area is 84.5 Å². The smallest absolute Gasteiger partial charge is 0.358 e. The van der Waals surface area contributed by atoms with Gasteiger partial charge in [-0.2, -0.15) is 5.10 Å². The first-order chi connectivity index (χ1) is 7.26. The molecular weight excluding hydrogens is 198 g/mol. The summed E-state index contributed by atoms with van der Waals surface area (Å²) in [5.41, 5.74) is 0.923. The molecule has 2 heterocycles. The molecule has 0 radical (unpaired) electrons. The zero-order valence-corrected chi connectivity index (χ0v) is 7.88. The summed E-state index contributed by atoms with van der Waals surface area (Å²) in [4.78, 5) is 25.7. The molecule has 0 fully saturated rings. The molecule has 0 aromatic carbocycles. The summed E-state index contributed by atoms with van der Waals surface area (Å²) >= 11 is 0. The Morgan fingerprint density at radius 2 is 2.33 bits per heavy atom. The van der Waals surface area contributed by atoms with Crippen molar-refractivity contribution in [2.45, 2.75) is 0 Å². The molecule has 0 aliphatic carbocycles. The van der Waals surface area contributed by atoms with Gasteiger partial charge in [0.25, 0.3) is 0 Å². The monoisotopic (exact) mass is 205 g/mol. The fourth-order valence-electron chi connectivity index (χ4n) is 1.18. The summed E-state index contributed by atoms with van der Waals surface area (Å²) in [6.07, 6.45) is 2.00. The van der Waals surface area contributed by atoms with Gasteiger partial charge in [0.1, 0.15) is 5.69 Å². The zero-order valence-electron chi connectivity index (χ0n) is 7.88. The van der Waals surface area contributed by atoms with E-state index in [1.54, 1.807) is 6.07 Å². The number of aromatic nitrogens is 3. The number of carbonyl (C=O) groups excluding carboxylic acids is 2. The molecule has 0 amide bonds. The van der Waals surface area contributed by atoms with E-state index in [0.717, 1.165) is 0 Å². The van der Waals surface area contributed by atoms with Crippen LogP contribution in [-0.4, -0.2) is 34.0 Å². The van der Waals surface area contributed by atoms with Gasteiger partial charge in [-0.3, -0.25) is 4.79 Å². The number of esters is 1. The van der Waals surface area contributed by atoms with E-state index in [2.05, 4.69) is 14.8 Å². The molecule has 2 aromatic heterocycles. The van der Waals surface area contributed by atoms with Crippen LogP contribution in [0.2, 0.25) is 0 Å². The summed E-state index contributed by atoms with van der Waals surface area (Å²) in [7, 11) is 1.27. The Morgan fingerprint density at radius 1 is 1.53 bits per heavy atom. The highest BCUT2D eigenvalue weighted by Gasteiger charge is 2.10. The fourth-order valence-corrected chi connectivity index (χ4v) is 1.18. The van der Waals surface area contributed by atoms with E-state index in [1.807, 2.05) is 0 Å². The maximum absolute atomic E-state index is 11.2. The normalized spacial score (nSPS) is 10.2. The predicted octanol–water partition coefficient (Wildman–Crippen LogP) is 0.328. The van der Waals surface area contributed by atoms with Crippen molar-refractivity contribution in [2.75, 3.05) is 7.11 Å². The molecule has 0 atom stereocenters. The average Bonchev–Trinajstić information content (AvgIpc) is 2.69. The minimum absolute atomic E-state index is 0.131. The molecule has 0 saturated heterocycles. The summed E-state index contributed by atoms with van der Waals surface area (Å²) in [5, 5.41) is 3.93. The number of rotatable bonds is 2. The van der Waals surface area contributed by atoms with Gasteiger partial charge < -0.3 is 4.74 Å². The zero-order chi connectivity index (χ0) is 10.8. The van der Waals surface area contributed by atoms with Gasteiger partial charge in [-0.05, 0) is 12.1 Å². The van der Waals surface area contributed by atoms with Crippen LogP contribution in [0.25, 0.3) is 5.65 Å². The molecular formula is C9H7N3O3. The van der Waals surface area contributed by atoms with Gasteiger partial charge >= 0.3 is 5.97 Å². The van der Waals surface area contributed by atoms with Gasteiger partial charge in [0, 0.05) is 0 Å². The molecule has 6 nitrogen and oxygen atoms in total. The molecule has 6 heteroatoms. The number of imidazole rings is 1. The Hall–Kier alpha value is -2.24. The SMILES string of the molecule is COC(=O)c1ccc2ncc(C=O)n2n1. The quantitative estimate of drug-likeness (QED) is 0.521. The molecule has 0 N–H and O–H groups in total. The standard InChI is InChI=1S/C9H7N3O3/c1-15-9(14)7-2-3-8-10-4-6(5-13)12(8)11-7/h2-5H,1H3. The van der Waals surface area contributed by atoms with Crippen LogP contribution < -0.4 is 0 Å². The van der Waals surface area contributed by atoms with E-state index in [-0.39, 0.29) is 11.4 Å². The number of nitrogens with zero attached hydrogens (tertiary/aromatic N) is 3. The molecule has 76 valence electrons. The largest absolute Gasteiger partial charge is 0.464 e. The highest BCUT2D eigenvalue weighted by molar-refractivity contribution is 5.87. The third-order valence-electron chi connectivity index (χ3n) is 1.90. The van der Waals surface area contributed by atoms with Crippen LogP contribution >= 0.6 is 0 Å². The van der Waals surface area contributed by atoms with Crippen molar-refractivity contribution in [1.29, 1.82) is 0 Å². The lowest BCUT2D eigenvalue weighted by Gasteiger charge is -1.99. The van der Waals surface area contributed by atoms with E-state index in [4.69, 9.17) is 0 Å². The predicted molar refractivity (Wildman–Crippen MR) is 49.7 cm³/mol. The van der Waals surface area contributed by atoms with Gasteiger partial charge in [-0.1, -0.05) is 0 Å². The number of fused-ring (bicyclic) bond motifs is 1. The van der Waals surface area contributed by atoms with E-state index in [9.17, 15) is 9.59 Å².